The number of hydrogen-bond donors (Lipinski definition) is 1. The molecule has 0 fully saturated rings. The van der Waals surface area contributed by atoms with Crippen molar-refractivity contribution >= 4 is 11.6 Å². The van der Waals surface area contributed by atoms with Crippen LogP contribution in [-0.4, -0.2) is 31.8 Å². The minimum Gasteiger partial charge on any atom is -0.267 e. The fourth-order valence-corrected chi connectivity index (χ4v) is 3.84. The highest BCUT2D eigenvalue weighted by Gasteiger charge is 2.15. The summed E-state index contributed by atoms with van der Waals surface area (Å²) in [4.78, 5) is 14.1. The van der Waals surface area contributed by atoms with Crippen molar-refractivity contribution in [3.8, 4) is 11.4 Å². The largest absolute Gasteiger partial charge is 0.271 e. The van der Waals surface area contributed by atoms with Crippen molar-refractivity contribution < 1.29 is 4.79 Å². The molecule has 1 amide bonds. The third-order valence-corrected chi connectivity index (χ3v) is 5.51. The Morgan fingerprint density at radius 2 is 1.72 bits per heavy atom. The van der Waals surface area contributed by atoms with Crippen molar-refractivity contribution in [1.82, 2.24) is 25.6 Å². The number of tetrazole rings is 1. The average Bonchev–Trinajstić information content (AvgIpc) is 3.32. The number of aromatic nitrogens is 4. The normalized spacial score (nSPS) is 14.2. The number of aryl methyl sites for hydroxylation is 1. The predicted octanol–water partition coefficient (Wildman–Crippen LogP) is 3.86. The molecule has 0 atom stereocenters. The molecule has 1 aromatic heterocycles. The van der Waals surface area contributed by atoms with Gasteiger partial charge < -0.3 is 0 Å². The van der Waals surface area contributed by atoms with Crippen molar-refractivity contribution in [2.75, 3.05) is 0 Å². The molecule has 158 valence electrons. The number of hydrazone groups is 1. The first kappa shape index (κ1) is 19.8. The van der Waals surface area contributed by atoms with Crippen molar-refractivity contribution in [3.63, 3.8) is 0 Å². The summed E-state index contributed by atoms with van der Waals surface area (Å²) in [5.74, 6) is 0.363. The van der Waals surface area contributed by atoms with Crippen LogP contribution >= 0.6 is 0 Å². The molecule has 5 rings (SSSR count). The van der Waals surface area contributed by atoms with E-state index >= 15 is 0 Å². The van der Waals surface area contributed by atoms with Gasteiger partial charge in [0, 0.05) is 16.7 Å². The third kappa shape index (κ3) is 4.32. The van der Waals surface area contributed by atoms with Gasteiger partial charge in [0.25, 0.3) is 5.91 Å². The molecule has 7 nitrogen and oxygen atoms in total. The maximum absolute atomic E-state index is 12.6. The molecule has 1 N–H and O–H groups in total. The first-order chi connectivity index (χ1) is 15.8. The molecule has 0 saturated carbocycles. The second-order valence-electron chi connectivity index (χ2n) is 7.72. The number of carbonyl (C=O) groups excluding carboxylic acids is 1. The Hall–Kier alpha value is -4.13. The van der Waals surface area contributed by atoms with Crippen molar-refractivity contribution in [1.29, 1.82) is 0 Å². The molecule has 0 spiro atoms. The standard InChI is InChI=1S/C25H22N6O/c32-25(28-26-23-12-6-10-19-7-4-5-11-22(19)23)21-15-13-18(14-16-21)17-31-29-24(27-30-31)20-8-2-1-3-9-20/h1-5,7-9,11,13-16H,6,10,12,17H2,(H,28,32)/b26-23-. The van der Waals surface area contributed by atoms with Gasteiger partial charge in [-0.05, 0) is 47.7 Å². The van der Waals surface area contributed by atoms with Gasteiger partial charge in [-0.2, -0.15) is 9.90 Å². The van der Waals surface area contributed by atoms with Gasteiger partial charge in [-0.3, -0.25) is 4.79 Å². The molecular formula is C25H22N6O. The van der Waals surface area contributed by atoms with Gasteiger partial charge in [-0.1, -0.05) is 66.7 Å². The quantitative estimate of drug-likeness (QED) is 0.495. The molecule has 0 unspecified atom stereocenters. The fourth-order valence-electron chi connectivity index (χ4n) is 3.84. The smallest absolute Gasteiger partial charge is 0.267 e. The zero-order valence-corrected chi connectivity index (χ0v) is 17.5. The van der Waals surface area contributed by atoms with Gasteiger partial charge in [-0.25, -0.2) is 5.43 Å². The number of amides is 1. The Labute approximate surface area is 185 Å². The van der Waals surface area contributed by atoms with Crippen molar-refractivity contribution in [3.05, 3.63) is 101 Å². The van der Waals surface area contributed by atoms with Crippen LogP contribution in [0.2, 0.25) is 0 Å². The topological polar surface area (TPSA) is 85.1 Å². The second-order valence-corrected chi connectivity index (χ2v) is 7.72. The molecule has 1 aliphatic rings. The summed E-state index contributed by atoms with van der Waals surface area (Å²) in [6.07, 6.45) is 2.97. The molecule has 0 saturated heterocycles. The summed E-state index contributed by atoms with van der Waals surface area (Å²) in [7, 11) is 0. The van der Waals surface area contributed by atoms with E-state index < -0.39 is 0 Å². The summed E-state index contributed by atoms with van der Waals surface area (Å²) < 4.78 is 0. The van der Waals surface area contributed by atoms with Crippen LogP contribution in [0.25, 0.3) is 11.4 Å². The van der Waals surface area contributed by atoms with Gasteiger partial charge in [0.1, 0.15) is 0 Å². The lowest BCUT2D eigenvalue weighted by Gasteiger charge is -2.17. The SMILES string of the molecule is O=C(N/N=C1/CCCc2ccccc21)c1ccc(Cn2nnc(-c3ccccc3)n2)cc1. The zero-order chi connectivity index (χ0) is 21.8. The van der Waals surface area contributed by atoms with E-state index in [1.165, 1.54) is 5.56 Å². The Morgan fingerprint density at radius 1 is 0.938 bits per heavy atom. The number of fused-ring (bicyclic) bond motifs is 1. The van der Waals surface area contributed by atoms with Crippen molar-refractivity contribution in [2.45, 2.75) is 25.8 Å². The lowest BCUT2D eigenvalue weighted by molar-refractivity contribution is 0.0954. The molecule has 7 heteroatoms. The minimum absolute atomic E-state index is 0.225. The summed E-state index contributed by atoms with van der Waals surface area (Å²) in [6.45, 7) is 0.473. The Bertz CT molecular complexity index is 1260. The summed E-state index contributed by atoms with van der Waals surface area (Å²) in [6, 6.07) is 25.3. The predicted molar refractivity (Wildman–Crippen MR) is 122 cm³/mol. The molecule has 3 aromatic carbocycles. The Balaban J connectivity index is 1.23. The third-order valence-electron chi connectivity index (χ3n) is 5.51. The van der Waals surface area contributed by atoms with E-state index in [-0.39, 0.29) is 5.91 Å². The molecule has 0 radical (unpaired) electrons. The summed E-state index contributed by atoms with van der Waals surface area (Å²) >= 11 is 0. The maximum Gasteiger partial charge on any atom is 0.271 e. The van der Waals surface area contributed by atoms with Crippen LogP contribution in [0.1, 0.15) is 39.9 Å². The van der Waals surface area contributed by atoms with E-state index in [1.807, 2.05) is 54.6 Å². The molecule has 0 aliphatic heterocycles. The van der Waals surface area contributed by atoms with Gasteiger partial charge in [0.15, 0.2) is 0 Å². The number of benzene rings is 3. The van der Waals surface area contributed by atoms with Gasteiger partial charge >= 0.3 is 0 Å². The van der Waals surface area contributed by atoms with Crippen LogP contribution in [0.5, 0.6) is 0 Å². The van der Waals surface area contributed by atoms with Crippen molar-refractivity contribution in [2.24, 2.45) is 5.10 Å². The highest BCUT2D eigenvalue weighted by Crippen LogP contribution is 2.21. The van der Waals surface area contributed by atoms with E-state index in [0.717, 1.165) is 41.7 Å². The van der Waals surface area contributed by atoms with E-state index in [0.29, 0.717) is 17.9 Å². The monoisotopic (exact) mass is 422 g/mol. The van der Waals surface area contributed by atoms with Gasteiger partial charge in [0.2, 0.25) is 5.82 Å². The highest BCUT2D eigenvalue weighted by molar-refractivity contribution is 6.04. The Kier molecular flexibility index (Phi) is 5.53. The van der Waals surface area contributed by atoms with Crippen LogP contribution in [-0.2, 0) is 13.0 Å². The molecular weight excluding hydrogens is 400 g/mol. The van der Waals surface area contributed by atoms with Crippen LogP contribution in [0.4, 0.5) is 0 Å². The lowest BCUT2D eigenvalue weighted by atomic mass is 9.90. The van der Waals surface area contributed by atoms with E-state index in [4.69, 9.17) is 0 Å². The van der Waals surface area contributed by atoms with Crippen LogP contribution in [0.15, 0.2) is 84.0 Å². The Morgan fingerprint density at radius 3 is 2.56 bits per heavy atom. The molecule has 4 aromatic rings. The first-order valence-corrected chi connectivity index (χ1v) is 10.6. The van der Waals surface area contributed by atoms with E-state index in [1.54, 1.807) is 16.9 Å². The number of rotatable bonds is 5. The van der Waals surface area contributed by atoms with E-state index in [9.17, 15) is 4.79 Å². The fraction of sp³-hybridized carbons (Fsp3) is 0.160. The van der Waals surface area contributed by atoms with Gasteiger partial charge in [-0.15, -0.1) is 10.2 Å². The molecule has 0 bridgehead atoms. The highest BCUT2D eigenvalue weighted by atomic mass is 16.2. The van der Waals surface area contributed by atoms with Gasteiger partial charge in [0.05, 0.1) is 12.3 Å². The van der Waals surface area contributed by atoms with Crippen LogP contribution < -0.4 is 5.43 Å². The zero-order valence-electron chi connectivity index (χ0n) is 17.5. The number of nitrogens with one attached hydrogen (secondary N) is 1. The van der Waals surface area contributed by atoms with Crippen LogP contribution in [0.3, 0.4) is 0 Å². The number of carbonyl (C=O) groups is 1. The molecule has 1 aliphatic carbocycles. The summed E-state index contributed by atoms with van der Waals surface area (Å²) in [5.41, 5.74) is 8.51. The average molecular weight is 422 g/mol. The number of hydrogen-bond acceptors (Lipinski definition) is 5. The summed E-state index contributed by atoms with van der Waals surface area (Å²) in [5, 5.41) is 17.1. The lowest BCUT2D eigenvalue weighted by Crippen LogP contribution is -2.22. The number of nitrogens with zero attached hydrogens (tertiary/aromatic N) is 5. The molecule has 32 heavy (non-hydrogen) atoms. The second kappa shape index (κ2) is 8.93. The van der Waals surface area contributed by atoms with E-state index in [2.05, 4.69) is 38.1 Å². The maximum atomic E-state index is 12.6. The van der Waals surface area contributed by atoms with Crippen LogP contribution in [0, 0.1) is 0 Å². The minimum atomic E-state index is -0.225. The molecule has 1 heterocycles. The first-order valence-electron chi connectivity index (χ1n) is 10.6.